The third kappa shape index (κ3) is 4.08. The van der Waals surface area contributed by atoms with Crippen LogP contribution in [0.4, 0.5) is 0 Å². The smallest absolute Gasteiger partial charge is 0.251 e. The van der Waals surface area contributed by atoms with Gasteiger partial charge in [0.25, 0.3) is 5.56 Å². The van der Waals surface area contributed by atoms with E-state index in [9.17, 15) is 10.1 Å². The summed E-state index contributed by atoms with van der Waals surface area (Å²) in [7, 11) is 0. The molecule has 0 aliphatic heterocycles. The first-order valence-electron chi connectivity index (χ1n) is 10.9. The van der Waals surface area contributed by atoms with Crippen LogP contribution in [0.15, 0.2) is 64.2 Å². The molecule has 4 rings (SSSR count). The molecule has 0 unspecified atom stereocenters. The van der Waals surface area contributed by atoms with Gasteiger partial charge < -0.3 is 4.52 Å². The Morgan fingerprint density at radius 1 is 1.06 bits per heavy atom. The molecule has 3 aromatic heterocycles. The highest BCUT2D eigenvalue weighted by molar-refractivity contribution is 5.68. The highest BCUT2D eigenvalue weighted by Gasteiger charge is 2.29. The third-order valence-corrected chi connectivity index (χ3v) is 6.06. The maximum atomic E-state index is 12.6. The lowest BCUT2D eigenvalue weighted by atomic mass is 9.94. The van der Waals surface area contributed by atoms with Crippen molar-refractivity contribution in [1.82, 2.24) is 19.7 Å². The van der Waals surface area contributed by atoms with E-state index < -0.39 is 5.54 Å². The predicted octanol–water partition coefficient (Wildman–Crippen LogP) is 5.28. The van der Waals surface area contributed by atoms with E-state index in [1.54, 1.807) is 18.5 Å². The summed E-state index contributed by atoms with van der Waals surface area (Å²) in [6, 6.07) is 15.4. The summed E-state index contributed by atoms with van der Waals surface area (Å²) in [5.41, 5.74) is 4.26. The molecule has 7 heteroatoms. The summed E-state index contributed by atoms with van der Waals surface area (Å²) in [5, 5.41) is 14.0. The Bertz CT molecular complexity index is 1410. The minimum absolute atomic E-state index is 0.220. The molecule has 0 saturated carbocycles. The summed E-state index contributed by atoms with van der Waals surface area (Å²) in [5.74, 6) is 0.514. The number of nitrogens with zero attached hydrogens (tertiary/aromatic N) is 5. The van der Waals surface area contributed by atoms with E-state index in [4.69, 9.17) is 9.51 Å². The van der Waals surface area contributed by atoms with Gasteiger partial charge in [-0.25, -0.2) is 4.98 Å². The van der Waals surface area contributed by atoms with E-state index in [0.717, 1.165) is 16.8 Å². The first-order valence-corrected chi connectivity index (χ1v) is 10.9. The number of nitriles is 1. The van der Waals surface area contributed by atoms with Gasteiger partial charge in [-0.15, -0.1) is 0 Å². The molecule has 0 radical (unpaired) electrons. The predicted molar refractivity (Wildman–Crippen MR) is 126 cm³/mol. The van der Waals surface area contributed by atoms with Gasteiger partial charge in [0.2, 0.25) is 0 Å². The van der Waals surface area contributed by atoms with Gasteiger partial charge in [0.05, 0.1) is 23.7 Å². The summed E-state index contributed by atoms with van der Waals surface area (Å²) in [4.78, 5) is 21.9. The molecule has 0 aliphatic rings. The zero-order valence-electron chi connectivity index (χ0n) is 19.2. The lowest BCUT2D eigenvalue weighted by Gasteiger charge is -2.26. The van der Waals surface area contributed by atoms with Crippen molar-refractivity contribution in [3.63, 3.8) is 0 Å². The highest BCUT2D eigenvalue weighted by Crippen LogP contribution is 2.29. The molecule has 0 spiro atoms. The van der Waals surface area contributed by atoms with Crippen molar-refractivity contribution in [2.24, 2.45) is 0 Å². The van der Waals surface area contributed by atoms with Gasteiger partial charge in [-0.3, -0.25) is 14.3 Å². The molecule has 0 amide bonds. The Balaban J connectivity index is 1.77. The number of rotatable bonds is 6. The van der Waals surface area contributed by atoms with Gasteiger partial charge in [-0.2, -0.15) is 5.26 Å². The van der Waals surface area contributed by atoms with Crippen molar-refractivity contribution >= 4 is 0 Å². The zero-order chi connectivity index (χ0) is 23.6. The lowest BCUT2D eigenvalue weighted by molar-refractivity contribution is 0.345. The zero-order valence-corrected chi connectivity index (χ0v) is 19.2. The van der Waals surface area contributed by atoms with Gasteiger partial charge in [0.1, 0.15) is 16.9 Å². The van der Waals surface area contributed by atoms with Gasteiger partial charge in [-0.1, -0.05) is 42.8 Å². The molecular formula is C26H25N5O2. The van der Waals surface area contributed by atoms with E-state index in [-0.39, 0.29) is 5.56 Å². The number of pyridine rings is 1. The monoisotopic (exact) mass is 439 g/mol. The maximum Gasteiger partial charge on any atom is 0.251 e. The van der Waals surface area contributed by atoms with Crippen LogP contribution in [0.3, 0.4) is 0 Å². The van der Waals surface area contributed by atoms with Crippen molar-refractivity contribution in [2.45, 2.75) is 46.1 Å². The van der Waals surface area contributed by atoms with Crippen LogP contribution in [0.5, 0.6) is 0 Å². The molecule has 0 N–H and O–H groups in total. The van der Waals surface area contributed by atoms with Crippen LogP contribution in [0, 0.1) is 25.2 Å². The fourth-order valence-corrected chi connectivity index (χ4v) is 3.92. The lowest BCUT2D eigenvalue weighted by Crippen LogP contribution is -2.38. The Kier molecular flexibility index (Phi) is 5.93. The molecule has 0 atom stereocenters. The summed E-state index contributed by atoms with van der Waals surface area (Å²) in [6.07, 6.45) is 4.40. The van der Waals surface area contributed by atoms with Crippen molar-refractivity contribution in [1.29, 1.82) is 5.26 Å². The van der Waals surface area contributed by atoms with Gasteiger partial charge in [0.15, 0.2) is 5.76 Å². The topological polar surface area (TPSA) is 97.6 Å². The minimum atomic E-state index is -0.901. The molecule has 0 fully saturated rings. The van der Waals surface area contributed by atoms with Gasteiger partial charge in [-0.05, 0) is 38.8 Å². The Labute approximate surface area is 192 Å². The molecule has 4 aromatic rings. The average molecular weight is 440 g/mol. The van der Waals surface area contributed by atoms with Crippen LogP contribution in [0.25, 0.3) is 34.0 Å². The minimum Gasteiger partial charge on any atom is -0.354 e. The maximum absolute atomic E-state index is 12.6. The van der Waals surface area contributed by atoms with Crippen molar-refractivity contribution in [3.05, 3.63) is 76.5 Å². The molecular weight excluding hydrogens is 414 g/mol. The second-order valence-electron chi connectivity index (χ2n) is 8.11. The summed E-state index contributed by atoms with van der Waals surface area (Å²) < 4.78 is 7.12. The van der Waals surface area contributed by atoms with E-state index in [0.29, 0.717) is 41.2 Å². The van der Waals surface area contributed by atoms with Crippen LogP contribution in [-0.4, -0.2) is 19.7 Å². The van der Waals surface area contributed by atoms with E-state index >= 15 is 0 Å². The molecule has 0 bridgehead atoms. The van der Waals surface area contributed by atoms with E-state index in [1.165, 1.54) is 10.6 Å². The van der Waals surface area contributed by atoms with Crippen LogP contribution in [-0.2, 0) is 5.54 Å². The first kappa shape index (κ1) is 22.2. The van der Waals surface area contributed by atoms with E-state index in [2.05, 4.69) is 16.2 Å². The first-order chi connectivity index (χ1) is 15.9. The summed E-state index contributed by atoms with van der Waals surface area (Å²) in [6.45, 7) is 7.70. The second kappa shape index (κ2) is 8.83. The molecule has 0 aliphatic carbocycles. The van der Waals surface area contributed by atoms with E-state index in [1.807, 2.05) is 58.0 Å². The number of aryl methyl sites for hydroxylation is 2. The molecule has 1 aromatic carbocycles. The molecule has 33 heavy (non-hydrogen) atoms. The third-order valence-electron chi connectivity index (χ3n) is 6.06. The molecule has 3 heterocycles. The van der Waals surface area contributed by atoms with Gasteiger partial charge >= 0.3 is 0 Å². The van der Waals surface area contributed by atoms with Crippen LogP contribution in [0.1, 0.15) is 37.9 Å². The van der Waals surface area contributed by atoms with Gasteiger partial charge in [0, 0.05) is 29.5 Å². The largest absolute Gasteiger partial charge is 0.354 e. The Hall–Kier alpha value is -4.05. The van der Waals surface area contributed by atoms with Crippen LogP contribution in [0.2, 0.25) is 0 Å². The van der Waals surface area contributed by atoms with Crippen LogP contribution < -0.4 is 5.56 Å². The molecule has 7 nitrogen and oxygen atoms in total. The quantitative estimate of drug-likeness (QED) is 0.405. The second-order valence-corrected chi connectivity index (χ2v) is 8.11. The fraction of sp³-hybridized carbons (Fsp3) is 0.269. The normalized spacial score (nSPS) is 11.4. The standard InChI is InChI=1S/C26H25N5O2/c1-5-26(6-2,16-27)31-15-20(10-11-24(31)32)22-14-28-18(4)25(29-22)23-13-21(30-33-23)19-9-7-8-17(3)12-19/h7-15H,5-6H2,1-4H3. The Morgan fingerprint density at radius 3 is 2.55 bits per heavy atom. The van der Waals surface area contributed by atoms with Crippen LogP contribution >= 0.6 is 0 Å². The van der Waals surface area contributed by atoms with Crippen molar-refractivity contribution in [2.75, 3.05) is 0 Å². The highest BCUT2D eigenvalue weighted by atomic mass is 16.5. The number of hydrogen-bond acceptors (Lipinski definition) is 6. The number of aromatic nitrogens is 4. The number of benzene rings is 1. The molecule has 166 valence electrons. The fourth-order valence-electron chi connectivity index (χ4n) is 3.92. The summed E-state index contributed by atoms with van der Waals surface area (Å²) >= 11 is 0. The average Bonchev–Trinajstić information content (AvgIpc) is 3.32. The van der Waals surface area contributed by atoms with Crippen molar-refractivity contribution < 1.29 is 4.52 Å². The van der Waals surface area contributed by atoms with Crippen molar-refractivity contribution in [3.8, 4) is 40.0 Å². The molecule has 0 saturated heterocycles. The SMILES string of the molecule is CCC(C#N)(CC)n1cc(-c2cnc(C)c(-c3cc(-c4cccc(C)c4)no3)n2)ccc1=O. The number of hydrogen-bond donors (Lipinski definition) is 0. The Morgan fingerprint density at radius 2 is 1.85 bits per heavy atom.